The van der Waals surface area contributed by atoms with Crippen LogP contribution in [0.5, 0.6) is 0 Å². The van der Waals surface area contributed by atoms with Crippen LogP contribution in [0.1, 0.15) is 37.1 Å². The molecule has 1 unspecified atom stereocenters. The van der Waals surface area contributed by atoms with Crippen LogP contribution in [0, 0.1) is 5.92 Å². The highest BCUT2D eigenvalue weighted by molar-refractivity contribution is 5.83. The van der Waals surface area contributed by atoms with Gasteiger partial charge in [0.25, 0.3) is 0 Å². The predicted octanol–water partition coefficient (Wildman–Crippen LogP) is 4.73. The van der Waals surface area contributed by atoms with E-state index in [0.717, 1.165) is 50.7 Å². The number of carbonyl (C=O) groups excluding carboxylic acids is 1. The minimum atomic E-state index is -4.51. The Morgan fingerprint density at radius 2 is 1.89 bits per heavy atom. The maximum Gasteiger partial charge on any atom is 0.435 e. The van der Waals surface area contributed by atoms with Gasteiger partial charge in [0.15, 0.2) is 5.69 Å². The zero-order chi connectivity index (χ0) is 26.4. The summed E-state index contributed by atoms with van der Waals surface area (Å²) in [5.74, 6) is 1.66. The number of anilines is 2. The Labute approximate surface area is 216 Å². The third-order valence-electron chi connectivity index (χ3n) is 7.27. The fraction of sp³-hybridized carbons (Fsp3) is 0.385. The second-order valence-corrected chi connectivity index (χ2v) is 9.89. The molecule has 4 aromatic rings. The molecule has 12 heteroatoms. The summed E-state index contributed by atoms with van der Waals surface area (Å²) < 4.78 is 38.7. The summed E-state index contributed by atoms with van der Waals surface area (Å²) >= 11 is 0. The van der Waals surface area contributed by atoms with E-state index < -0.39 is 11.9 Å². The number of hydrogen-bond donors (Lipinski definition) is 3. The summed E-state index contributed by atoms with van der Waals surface area (Å²) in [6.07, 6.45) is -0.700. The normalized spacial score (nSPS) is 17.6. The molecular formula is C26H27F3N8O. The van der Waals surface area contributed by atoms with E-state index in [2.05, 4.69) is 42.3 Å². The molecule has 0 radical (unpaired) electrons. The van der Waals surface area contributed by atoms with Gasteiger partial charge in [0.2, 0.25) is 11.9 Å². The van der Waals surface area contributed by atoms with Gasteiger partial charge in [-0.3, -0.25) is 14.8 Å². The Morgan fingerprint density at radius 1 is 1.11 bits per heavy atom. The van der Waals surface area contributed by atoms with Crippen molar-refractivity contribution < 1.29 is 18.0 Å². The van der Waals surface area contributed by atoms with E-state index in [1.54, 1.807) is 24.4 Å². The lowest BCUT2D eigenvalue weighted by molar-refractivity contribution is -0.141. The van der Waals surface area contributed by atoms with Crippen molar-refractivity contribution >= 4 is 28.7 Å². The number of piperazine rings is 1. The van der Waals surface area contributed by atoms with Crippen molar-refractivity contribution in [2.45, 2.75) is 32.0 Å². The topological polar surface area (TPSA) is 106 Å². The largest absolute Gasteiger partial charge is 0.435 e. The van der Waals surface area contributed by atoms with E-state index in [4.69, 9.17) is 0 Å². The van der Waals surface area contributed by atoms with Crippen LogP contribution < -0.4 is 5.32 Å². The molecule has 2 aliphatic rings. The standard InChI is InChI=1S/C26H27F3N8O/c1-15(36-8-10-37(11-9-36)24(38)16-2-3-16)17-6-7-30-23(13-17)33-25-31-19-5-4-18(12-21(19)32-25)20-14-22(35-34-20)26(27,28)29/h4-7,12-16H,2-3,8-11H2,1H3,(H,34,35)(H2,30,31,32,33). The molecule has 1 saturated heterocycles. The molecule has 4 heterocycles. The van der Waals surface area contributed by atoms with Gasteiger partial charge in [-0.2, -0.15) is 18.3 Å². The summed E-state index contributed by atoms with van der Waals surface area (Å²) in [6.45, 7) is 5.33. The number of carbonyl (C=O) groups is 1. The van der Waals surface area contributed by atoms with Crippen molar-refractivity contribution in [2.75, 3.05) is 31.5 Å². The van der Waals surface area contributed by atoms with Crippen LogP contribution in [0.3, 0.4) is 0 Å². The van der Waals surface area contributed by atoms with E-state index in [0.29, 0.717) is 34.3 Å². The first-order valence-electron chi connectivity index (χ1n) is 12.6. The summed E-state index contributed by atoms with van der Waals surface area (Å²) in [4.78, 5) is 28.8. The number of imidazole rings is 1. The molecule has 1 amide bonds. The number of aromatic nitrogens is 5. The molecule has 0 bridgehead atoms. The van der Waals surface area contributed by atoms with Gasteiger partial charge in [-0.05, 0) is 55.7 Å². The molecular weight excluding hydrogens is 497 g/mol. The minimum absolute atomic E-state index is 0.158. The summed E-state index contributed by atoms with van der Waals surface area (Å²) in [5.41, 5.74) is 2.29. The van der Waals surface area contributed by atoms with Crippen molar-refractivity contribution in [3.63, 3.8) is 0 Å². The minimum Gasteiger partial charge on any atom is -0.340 e. The number of halogens is 3. The monoisotopic (exact) mass is 524 g/mol. The molecule has 198 valence electrons. The quantitative estimate of drug-likeness (QED) is 0.337. The lowest BCUT2D eigenvalue weighted by Crippen LogP contribution is -2.49. The first kappa shape index (κ1) is 24.4. The number of nitrogens with one attached hydrogen (secondary N) is 3. The molecule has 0 spiro atoms. The third kappa shape index (κ3) is 4.95. The Balaban J connectivity index is 1.13. The molecule has 1 atom stereocenters. The van der Waals surface area contributed by atoms with Gasteiger partial charge in [-0.1, -0.05) is 6.07 Å². The van der Waals surface area contributed by atoms with Gasteiger partial charge < -0.3 is 15.2 Å². The van der Waals surface area contributed by atoms with Crippen LogP contribution in [0.4, 0.5) is 24.9 Å². The van der Waals surface area contributed by atoms with Crippen molar-refractivity contribution in [3.8, 4) is 11.3 Å². The zero-order valence-corrected chi connectivity index (χ0v) is 20.7. The molecule has 1 saturated carbocycles. The van der Waals surface area contributed by atoms with E-state index >= 15 is 0 Å². The van der Waals surface area contributed by atoms with E-state index in [1.807, 2.05) is 17.0 Å². The smallest absolute Gasteiger partial charge is 0.340 e. The van der Waals surface area contributed by atoms with Crippen molar-refractivity contribution in [2.24, 2.45) is 5.92 Å². The number of fused-ring (bicyclic) bond motifs is 1. The molecule has 2 fully saturated rings. The van der Waals surface area contributed by atoms with Crippen LogP contribution in [-0.2, 0) is 11.0 Å². The molecule has 1 aliphatic heterocycles. The van der Waals surface area contributed by atoms with Crippen LogP contribution in [-0.4, -0.2) is 67.0 Å². The highest BCUT2D eigenvalue weighted by atomic mass is 19.4. The molecule has 1 aromatic carbocycles. The van der Waals surface area contributed by atoms with Gasteiger partial charge in [-0.15, -0.1) is 0 Å². The Morgan fingerprint density at radius 3 is 2.61 bits per heavy atom. The number of H-pyrrole nitrogens is 2. The maximum absolute atomic E-state index is 12.9. The molecule has 6 rings (SSSR count). The Kier molecular flexibility index (Phi) is 6.05. The number of aromatic amines is 2. The average Bonchev–Trinajstić information content (AvgIpc) is 3.48. The first-order chi connectivity index (χ1) is 18.2. The number of alkyl halides is 3. The van der Waals surface area contributed by atoms with Gasteiger partial charge >= 0.3 is 6.18 Å². The number of benzene rings is 1. The van der Waals surface area contributed by atoms with E-state index in [-0.39, 0.29) is 17.7 Å². The Bertz CT molecular complexity index is 1470. The zero-order valence-electron chi connectivity index (χ0n) is 20.7. The summed E-state index contributed by atoms with van der Waals surface area (Å²) in [5, 5.41) is 9.01. The third-order valence-corrected chi connectivity index (χ3v) is 7.27. The molecule has 3 aromatic heterocycles. The fourth-order valence-electron chi connectivity index (χ4n) is 4.88. The van der Waals surface area contributed by atoms with Gasteiger partial charge in [-0.25, -0.2) is 9.97 Å². The second-order valence-electron chi connectivity index (χ2n) is 9.89. The SMILES string of the molecule is CC(c1ccnc(Nc2nc3ccc(-c4cc(C(F)(F)F)n[nH]4)cc3[nH]2)c1)N1CCN(C(=O)C2CC2)CC1. The fourth-order valence-corrected chi connectivity index (χ4v) is 4.88. The van der Waals surface area contributed by atoms with Gasteiger partial charge in [0, 0.05) is 49.9 Å². The lowest BCUT2D eigenvalue weighted by Gasteiger charge is -2.38. The molecule has 1 aliphatic carbocycles. The number of pyridine rings is 1. The number of hydrogen-bond acceptors (Lipinski definition) is 6. The van der Waals surface area contributed by atoms with Gasteiger partial charge in [0.1, 0.15) is 5.82 Å². The van der Waals surface area contributed by atoms with E-state index in [9.17, 15) is 18.0 Å². The van der Waals surface area contributed by atoms with Crippen LogP contribution in [0.25, 0.3) is 22.3 Å². The molecule has 38 heavy (non-hydrogen) atoms. The van der Waals surface area contributed by atoms with Gasteiger partial charge in [0.05, 0.1) is 16.7 Å². The number of amides is 1. The van der Waals surface area contributed by atoms with E-state index in [1.165, 1.54) is 0 Å². The summed E-state index contributed by atoms with van der Waals surface area (Å²) in [7, 11) is 0. The van der Waals surface area contributed by atoms with Crippen molar-refractivity contribution in [1.29, 1.82) is 0 Å². The number of nitrogens with zero attached hydrogens (tertiary/aromatic N) is 5. The Hall–Kier alpha value is -3.93. The maximum atomic E-state index is 12.9. The average molecular weight is 525 g/mol. The molecule has 9 nitrogen and oxygen atoms in total. The predicted molar refractivity (Wildman–Crippen MR) is 135 cm³/mol. The van der Waals surface area contributed by atoms with Crippen LogP contribution >= 0.6 is 0 Å². The van der Waals surface area contributed by atoms with Crippen LogP contribution in [0.2, 0.25) is 0 Å². The second kappa shape index (κ2) is 9.43. The number of rotatable bonds is 6. The van der Waals surface area contributed by atoms with Crippen LogP contribution in [0.15, 0.2) is 42.6 Å². The summed E-state index contributed by atoms with van der Waals surface area (Å²) in [6, 6.07) is 10.3. The van der Waals surface area contributed by atoms with Crippen molar-refractivity contribution in [3.05, 3.63) is 53.9 Å². The van der Waals surface area contributed by atoms with Crippen molar-refractivity contribution in [1.82, 2.24) is 34.9 Å². The highest BCUT2D eigenvalue weighted by Gasteiger charge is 2.35. The highest BCUT2D eigenvalue weighted by Crippen LogP contribution is 2.33. The first-order valence-corrected chi connectivity index (χ1v) is 12.6. The molecule has 3 N–H and O–H groups in total. The lowest BCUT2D eigenvalue weighted by atomic mass is 10.1.